The van der Waals surface area contributed by atoms with Gasteiger partial charge in [0.2, 0.25) is 0 Å². The fraction of sp³-hybridized carbons (Fsp3) is 0.211. The number of amides is 2. The molecule has 0 saturated carbocycles. The van der Waals surface area contributed by atoms with Crippen LogP contribution in [0.4, 0.5) is 4.79 Å². The molecule has 0 aliphatic heterocycles. The number of carbonyl (C=O) groups excluding carboxylic acids is 1. The summed E-state index contributed by atoms with van der Waals surface area (Å²) in [6, 6.07) is 7.49. The van der Waals surface area contributed by atoms with Crippen LogP contribution in [-0.4, -0.2) is 17.6 Å². The zero-order valence-electron chi connectivity index (χ0n) is 14.5. The number of aromatic nitrogens is 1. The molecule has 6 heteroatoms. The van der Waals surface area contributed by atoms with Crippen molar-refractivity contribution in [3.05, 3.63) is 59.7 Å². The third-order valence-electron chi connectivity index (χ3n) is 3.62. The van der Waals surface area contributed by atoms with Gasteiger partial charge in [-0.25, -0.2) is 4.79 Å². The van der Waals surface area contributed by atoms with Crippen molar-refractivity contribution < 1.29 is 9.53 Å². The molecule has 0 bridgehead atoms. The van der Waals surface area contributed by atoms with Gasteiger partial charge in [0.25, 0.3) is 0 Å². The van der Waals surface area contributed by atoms with Crippen molar-refractivity contribution in [1.82, 2.24) is 15.6 Å². The summed E-state index contributed by atoms with van der Waals surface area (Å²) in [6.45, 7) is 9.68. The van der Waals surface area contributed by atoms with E-state index in [4.69, 9.17) is 4.74 Å². The van der Waals surface area contributed by atoms with Crippen LogP contribution in [0, 0.1) is 25.2 Å². The number of ether oxygens (including phenoxy) is 1. The first-order valence-corrected chi connectivity index (χ1v) is 7.84. The van der Waals surface area contributed by atoms with Crippen LogP contribution in [0.1, 0.15) is 23.6 Å². The number of pyridine rings is 1. The van der Waals surface area contributed by atoms with Gasteiger partial charge in [-0.15, -0.1) is 0 Å². The molecule has 25 heavy (non-hydrogen) atoms. The number of rotatable bonds is 5. The highest BCUT2D eigenvalue weighted by molar-refractivity contribution is 5.76. The van der Waals surface area contributed by atoms with Gasteiger partial charge in [0.15, 0.2) is 5.88 Å². The van der Waals surface area contributed by atoms with Crippen LogP contribution < -0.4 is 15.4 Å². The third kappa shape index (κ3) is 4.15. The molecular formula is C19H20N4O2. The number of nitriles is 1. The molecule has 2 aromatic rings. The van der Waals surface area contributed by atoms with Gasteiger partial charge in [-0.2, -0.15) is 5.26 Å². The standard InChI is InChI=1S/C19H20N4O2/c1-5-22-19(24)23-14(4)25-18-12(2)9-16(13(3)17(18)10-20)15-7-6-8-21-11-15/h6-9,11H,4-5H2,1-3H3,(H2,22,23,24). The molecule has 2 N–H and O–H groups in total. The van der Waals surface area contributed by atoms with Crippen LogP contribution in [-0.2, 0) is 0 Å². The normalized spacial score (nSPS) is 9.84. The quantitative estimate of drug-likeness (QED) is 0.819. The first kappa shape index (κ1) is 18.0. The van der Waals surface area contributed by atoms with Gasteiger partial charge in [-0.1, -0.05) is 6.07 Å². The summed E-state index contributed by atoms with van der Waals surface area (Å²) in [5.74, 6) is 0.438. The van der Waals surface area contributed by atoms with E-state index in [2.05, 4.69) is 28.3 Å². The molecule has 0 aliphatic carbocycles. The highest BCUT2D eigenvalue weighted by atomic mass is 16.5. The molecule has 6 nitrogen and oxygen atoms in total. The van der Waals surface area contributed by atoms with E-state index in [9.17, 15) is 10.1 Å². The van der Waals surface area contributed by atoms with E-state index in [1.807, 2.05) is 39.0 Å². The number of hydrogen-bond donors (Lipinski definition) is 2. The summed E-state index contributed by atoms with van der Waals surface area (Å²) < 4.78 is 5.65. The Morgan fingerprint density at radius 3 is 2.80 bits per heavy atom. The highest BCUT2D eigenvalue weighted by Gasteiger charge is 2.17. The van der Waals surface area contributed by atoms with Gasteiger partial charge in [0, 0.05) is 24.5 Å². The van der Waals surface area contributed by atoms with Gasteiger partial charge in [-0.3, -0.25) is 10.3 Å². The molecule has 128 valence electrons. The Kier molecular flexibility index (Phi) is 5.75. The van der Waals surface area contributed by atoms with E-state index in [1.165, 1.54) is 0 Å². The van der Waals surface area contributed by atoms with Crippen molar-refractivity contribution in [3.8, 4) is 22.9 Å². The molecule has 0 fully saturated rings. The van der Waals surface area contributed by atoms with E-state index in [1.54, 1.807) is 12.4 Å². The molecule has 2 rings (SSSR count). The zero-order valence-corrected chi connectivity index (χ0v) is 14.5. The van der Waals surface area contributed by atoms with Crippen LogP contribution in [0.15, 0.2) is 43.1 Å². The number of aryl methyl sites for hydroxylation is 1. The summed E-state index contributed by atoms with van der Waals surface area (Å²) in [5.41, 5.74) is 3.78. The predicted octanol–water partition coefficient (Wildman–Crippen LogP) is 3.41. The second kappa shape index (κ2) is 7.97. The summed E-state index contributed by atoms with van der Waals surface area (Å²) in [5, 5.41) is 14.7. The topological polar surface area (TPSA) is 87.0 Å². The average Bonchev–Trinajstić information content (AvgIpc) is 2.59. The molecule has 0 radical (unpaired) electrons. The Balaban J connectivity index is 2.37. The number of nitrogens with one attached hydrogen (secondary N) is 2. The van der Waals surface area contributed by atoms with Crippen LogP contribution in [0.2, 0.25) is 0 Å². The van der Waals surface area contributed by atoms with Gasteiger partial charge in [-0.05, 0) is 56.2 Å². The molecule has 1 heterocycles. The zero-order chi connectivity index (χ0) is 18.4. The van der Waals surface area contributed by atoms with Gasteiger partial charge in [0.05, 0.1) is 5.56 Å². The van der Waals surface area contributed by atoms with E-state index < -0.39 is 6.03 Å². The summed E-state index contributed by atoms with van der Waals surface area (Å²) in [4.78, 5) is 15.7. The third-order valence-corrected chi connectivity index (χ3v) is 3.62. The molecule has 0 spiro atoms. The fourth-order valence-corrected chi connectivity index (χ4v) is 2.46. The Hall–Kier alpha value is -3.33. The lowest BCUT2D eigenvalue weighted by Gasteiger charge is -2.17. The maximum Gasteiger partial charge on any atom is 0.321 e. The van der Waals surface area contributed by atoms with Crippen molar-refractivity contribution in [2.24, 2.45) is 0 Å². The molecule has 1 aromatic carbocycles. The number of hydrogen-bond acceptors (Lipinski definition) is 4. The first-order valence-electron chi connectivity index (χ1n) is 7.84. The minimum Gasteiger partial charge on any atom is -0.440 e. The van der Waals surface area contributed by atoms with Crippen molar-refractivity contribution in [1.29, 1.82) is 5.26 Å². The second-order valence-electron chi connectivity index (χ2n) is 5.43. The van der Waals surface area contributed by atoms with Crippen LogP contribution >= 0.6 is 0 Å². The Morgan fingerprint density at radius 1 is 1.44 bits per heavy atom. The number of nitrogens with zero attached hydrogens (tertiary/aromatic N) is 2. The van der Waals surface area contributed by atoms with Gasteiger partial charge >= 0.3 is 6.03 Å². The summed E-state index contributed by atoms with van der Waals surface area (Å²) in [6.07, 6.45) is 3.45. The molecule has 0 unspecified atom stereocenters. The van der Waals surface area contributed by atoms with Crippen molar-refractivity contribution >= 4 is 6.03 Å². The number of benzene rings is 1. The van der Waals surface area contributed by atoms with Crippen LogP contribution in [0.5, 0.6) is 5.75 Å². The van der Waals surface area contributed by atoms with E-state index in [0.29, 0.717) is 17.9 Å². The minimum atomic E-state index is -0.410. The smallest absolute Gasteiger partial charge is 0.321 e. The number of carbonyl (C=O) groups is 1. The minimum absolute atomic E-state index is 0.0547. The van der Waals surface area contributed by atoms with E-state index >= 15 is 0 Å². The molecule has 1 aromatic heterocycles. The van der Waals surface area contributed by atoms with Crippen molar-refractivity contribution in [2.75, 3.05) is 6.54 Å². The van der Waals surface area contributed by atoms with Gasteiger partial charge in [0.1, 0.15) is 11.8 Å². The Bertz CT molecular complexity index is 839. The lowest BCUT2D eigenvalue weighted by Crippen LogP contribution is -2.35. The lowest BCUT2D eigenvalue weighted by molar-refractivity contribution is 0.238. The van der Waals surface area contributed by atoms with Crippen molar-refractivity contribution in [2.45, 2.75) is 20.8 Å². The van der Waals surface area contributed by atoms with Gasteiger partial charge < -0.3 is 10.1 Å². The fourth-order valence-electron chi connectivity index (χ4n) is 2.46. The molecule has 0 saturated heterocycles. The van der Waals surface area contributed by atoms with E-state index in [-0.39, 0.29) is 5.88 Å². The average molecular weight is 336 g/mol. The molecular weight excluding hydrogens is 316 g/mol. The maximum absolute atomic E-state index is 11.6. The van der Waals surface area contributed by atoms with Crippen LogP contribution in [0.25, 0.3) is 11.1 Å². The molecule has 0 aliphatic rings. The Morgan fingerprint density at radius 2 is 2.20 bits per heavy atom. The van der Waals surface area contributed by atoms with Crippen LogP contribution in [0.3, 0.4) is 0 Å². The summed E-state index contributed by atoms with van der Waals surface area (Å²) >= 11 is 0. The van der Waals surface area contributed by atoms with E-state index in [0.717, 1.165) is 22.3 Å². The number of urea groups is 1. The van der Waals surface area contributed by atoms with Crippen molar-refractivity contribution in [3.63, 3.8) is 0 Å². The molecule has 2 amide bonds. The summed E-state index contributed by atoms with van der Waals surface area (Å²) in [7, 11) is 0. The predicted molar refractivity (Wildman–Crippen MR) is 95.8 cm³/mol. The second-order valence-corrected chi connectivity index (χ2v) is 5.43. The monoisotopic (exact) mass is 336 g/mol. The Labute approximate surface area is 147 Å². The molecule has 0 atom stereocenters. The SMILES string of the molecule is C=C(NC(=O)NCC)Oc1c(C)cc(-c2cccnc2)c(C)c1C#N. The largest absolute Gasteiger partial charge is 0.440 e. The maximum atomic E-state index is 11.6. The lowest BCUT2D eigenvalue weighted by atomic mass is 9.94. The highest BCUT2D eigenvalue weighted by Crippen LogP contribution is 2.34. The first-order chi connectivity index (χ1) is 12.0.